The molecule has 0 bridgehead atoms. The maximum absolute atomic E-state index is 12.2. The van der Waals surface area contributed by atoms with Crippen LogP contribution < -0.4 is 5.32 Å². The van der Waals surface area contributed by atoms with Gasteiger partial charge in [-0.1, -0.05) is 29.8 Å². The summed E-state index contributed by atoms with van der Waals surface area (Å²) in [5, 5.41) is 11.3. The molecule has 1 heterocycles. The van der Waals surface area contributed by atoms with E-state index in [1.54, 1.807) is 0 Å². The maximum Gasteiger partial charge on any atom is 0.325 e. The van der Waals surface area contributed by atoms with Crippen LogP contribution in [0.1, 0.15) is 30.9 Å². The maximum atomic E-state index is 12.2. The summed E-state index contributed by atoms with van der Waals surface area (Å²) in [5.74, 6) is -1.58. The smallest absolute Gasteiger partial charge is 0.325 e. The van der Waals surface area contributed by atoms with Crippen LogP contribution >= 0.6 is 0 Å². The number of carbonyl (C=O) groups is 3. The zero-order valence-corrected chi connectivity index (χ0v) is 12.7. The highest BCUT2D eigenvalue weighted by Gasteiger charge is 2.36. The molecule has 118 valence electrons. The number of hydrogen-bond donors (Lipinski definition) is 2. The number of carboxylic acids is 1. The van der Waals surface area contributed by atoms with E-state index in [4.69, 9.17) is 5.11 Å². The summed E-state index contributed by atoms with van der Waals surface area (Å²) in [6.45, 7) is 3.74. The van der Waals surface area contributed by atoms with Crippen LogP contribution in [0.4, 0.5) is 0 Å². The fourth-order valence-electron chi connectivity index (χ4n) is 2.47. The highest BCUT2D eigenvalue weighted by molar-refractivity contribution is 5.92. The first-order chi connectivity index (χ1) is 10.4. The van der Waals surface area contributed by atoms with E-state index in [1.807, 2.05) is 31.2 Å². The molecule has 0 saturated carbocycles. The summed E-state index contributed by atoms with van der Waals surface area (Å²) < 4.78 is 0. The Bertz CT molecular complexity index is 582. The second kappa shape index (κ2) is 6.60. The predicted octanol–water partition coefficient (Wildman–Crippen LogP) is 1.08. The Hall–Kier alpha value is -2.37. The molecule has 2 atom stereocenters. The molecule has 0 spiro atoms. The van der Waals surface area contributed by atoms with Gasteiger partial charge in [-0.2, -0.15) is 0 Å². The van der Waals surface area contributed by atoms with Crippen molar-refractivity contribution in [2.24, 2.45) is 0 Å². The molecule has 0 unspecified atom stereocenters. The van der Waals surface area contributed by atoms with E-state index in [2.05, 4.69) is 5.32 Å². The van der Waals surface area contributed by atoms with E-state index in [1.165, 1.54) is 11.8 Å². The van der Waals surface area contributed by atoms with Gasteiger partial charge in [0.1, 0.15) is 12.1 Å². The molecule has 2 N–H and O–H groups in total. The van der Waals surface area contributed by atoms with Crippen molar-refractivity contribution < 1.29 is 19.5 Å². The fourth-order valence-corrected chi connectivity index (χ4v) is 2.47. The van der Waals surface area contributed by atoms with Crippen LogP contribution in [0.25, 0.3) is 0 Å². The van der Waals surface area contributed by atoms with Crippen LogP contribution in [0.15, 0.2) is 24.3 Å². The molecule has 1 aromatic rings. The number of carbonyl (C=O) groups excluding carboxylic acids is 2. The van der Waals surface area contributed by atoms with Gasteiger partial charge in [0.05, 0.1) is 0 Å². The number of benzene rings is 1. The van der Waals surface area contributed by atoms with Crippen molar-refractivity contribution in [2.75, 3.05) is 0 Å². The molecule has 1 aromatic carbocycles. The van der Waals surface area contributed by atoms with Gasteiger partial charge in [-0.3, -0.25) is 14.4 Å². The molecule has 6 nitrogen and oxygen atoms in total. The molecule has 2 rings (SSSR count). The number of carboxylic acid groups (broad SMARTS) is 1. The Kier molecular flexibility index (Phi) is 4.80. The molecule has 6 heteroatoms. The van der Waals surface area contributed by atoms with Crippen molar-refractivity contribution in [1.29, 1.82) is 0 Å². The molecule has 0 aromatic heterocycles. The number of rotatable bonds is 5. The standard InChI is InChI=1S/C16H20N2O4/c1-10-3-5-12(6-4-10)9-18-13(7-8-14(18)19)15(20)17-11(2)16(21)22/h3-6,11,13H,7-9H2,1-2H3,(H,17,20)(H,21,22)/t11-,13+/m0/s1. The number of aliphatic carboxylic acids is 1. The first kappa shape index (κ1) is 16.0. The minimum Gasteiger partial charge on any atom is -0.480 e. The summed E-state index contributed by atoms with van der Waals surface area (Å²) in [6.07, 6.45) is 0.730. The quantitative estimate of drug-likeness (QED) is 0.852. The van der Waals surface area contributed by atoms with E-state index in [0.717, 1.165) is 11.1 Å². The highest BCUT2D eigenvalue weighted by Crippen LogP contribution is 2.22. The summed E-state index contributed by atoms with van der Waals surface area (Å²) >= 11 is 0. The number of hydrogen-bond acceptors (Lipinski definition) is 3. The number of nitrogens with zero attached hydrogens (tertiary/aromatic N) is 1. The summed E-state index contributed by atoms with van der Waals surface area (Å²) in [5.41, 5.74) is 2.08. The normalized spacial score (nSPS) is 19.1. The van der Waals surface area contributed by atoms with Crippen LogP contribution in [-0.4, -0.2) is 39.9 Å². The SMILES string of the molecule is Cc1ccc(CN2C(=O)CC[C@@H]2C(=O)N[C@@H](C)C(=O)O)cc1. The van der Waals surface area contributed by atoms with Gasteiger partial charge < -0.3 is 15.3 Å². The third-order valence-corrected chi connectivity index (χ3v) is 3.83. The molecule has 1 saturated heterocycles. The predicted molar refractivity (Wildman–Crippen MR) is 80.0 cm³/mol. The third kappa shape index (κ3) is 3.63. The van der Waals surface area contributed by atoms with Crippen LogP contribution in [0.2, 0.25) is 0 Å². The van der Waals surface area contributed by atoms with Gasteiger partial charge in [0.15, 0.2) is 0 Å². The van der Waals surface area contributed by atoms with Crippen LogP contribution in [-0.2, 0) is 20.9 Å². The molecular weight excluding hydrogens is 284 g/mol. The van der Waals surface area contributed by atoms with E-state index in [-0.39, 0.29) is 5.91 Å². The second-order valence-corrected chi connectivity index (χ2v) is 5.63. The van der Waals surface area contributed by atoms with Crippen LogP contribution in [0, 0.1) is 6.92 Å². The Balaban J connectivity index is 2.07. The van der Waals surface area contributed by atoms with Crippen LogP contribution in [0.3, 0.4) is 0 Å². The molecule has 0 aliphatic carbocycles. The van der Waals surface area contributed by atoms with Gasteiger partial charge in [0.2, 0.25) is 11.8 Å². The zero-order valence-electron chi connectivity index (χ0n) is 12.7. The van der Waals surface area contributed by atoms with E-state index in [0.29, 0.717) is 19.4 Å². The van der Waals surface area contributed by atoms with E-state index < -0.39 is 24.0 Å². The minimum atomic E-state index is -1.09. The number of nitrogens with one attached hydrogen (secondary N) is 1. The Labute approximate surface area is 129 Å². The lowest BCUT2D eigenvalue weighted by atomic mass is 10.1. The molecule has 1 aliphatic rings. The highest BCUT2D eigenvalue weighted by atomic mass is 16.4. The van der Waals surface area contributed by atoms with Crippen molar-refractivity contribution in [3.63, 3.8) is 0 Å². The van der Waals surface area contributed by atoms with Gasteiger partial charge in [0.25, 0.3) is 0 Å². The zero-order chi connectivity index (χ0) is 16.3. The largest absolute Gasteiger partial charge is 0.480 e. The first-order valence-corrected chi connectivity index (χ1v) is 7.26. The van der Waals surface area contributed by atoms with Crippen molar-refractivity contribution in [2.45, 2.75) is 45.3 Å². The van der Waals surface area contributed by atoms with E-state index >= 15 is 0 Å². The average molecular weight is 304 g/mol. The van der Waals surface area contributed by atoms with Gasteiger partial charge in [0, 0.05) is 13.0 Å². The van der Waals surface area contributed by atoms with Gasteiger partial charge in [-0.15, -0.1) is 0 Å². The molecule has 0 radical (unpaired) electrons. The molecule has 1 fully saturated rings. The first-order valence-electron chi connectivity index (χ1n) is 7.26. The number of aryl methyl sites for hydroxylation is 1. The molecular formula is C16H20N2O4. The third-order valence-electron chi connectivity index (χ3n) is 3.83. The fraction of sp³-hybridized carbons (Fsp3) is 0.438. The van der Waals surface area contributed by atoms with Gasteiger partial charge in [-0.05, 0) is 25.8 Å². The number of likely N-dealkylation sites (tertiary alicyclic amines) is 1. The van der Waals surface area contributed by atoms with Crippen LogP contribution in [0.5, 0.6) is 0 Å². The lowest BCUT2D eigenvalue weighted by molar-refractivity contribution is -0.142. The topological polar surface area (TPSA) is 86.7 Å². The lowest BCUT2D eigenvalue weighted by Crippen LogP contribution is -2.48. The monoisotopic (exact) mass is 304 g/mol. The van der Waals surface area contributed by atoms with Crippen molar-refractivity contribution in [3.05, 3.63) is 35.4 Å². The van der Waals surface area contributed by atoms with Crippen molar-refractivity contribution >= 4 is 17.8 Å². The molecule has 22 heavy (non-hydrogen) atoms. The summed E-state index contributed by atoms with van der Waals surface area (Å²) in [7, 11) is 0. The van der Waals surface area contributed by atoms with Crippen molar-refractivity contribution in [3.8, 4) is 0 Å². The molecule has 1 aliphatic heterocycles. The van der Waals surface area contributed by atoms with Crippen molar-refractivity contribution in [1.82, 2.24) is 10.2 Å². The van der Waals surface area contributed by atoms with Gasteiger partial charge in [-0.25, -0.2) is 0 Å². The second-order valence-electron chi connectivity index (χ2n) is 5.63. The minimum absolute atomic E-state index is 0.0799. The summed E-state index contributed by atoms with van der Waals surface area (Å²) in [4.78, 5) is 36.5. The lowest BCUT2D eigenvalue weighted by Gasteiger charge is -2.25. The average Bonchev–Trinajstić information content (AvgIpc) is 2.82. The van der Waals surface area contributed by atoms with Gasteiger partial charge >= 0.3 is 5.97 Å². The molecule has 2 amide bonds. The Morgan fingerprint density at radius 2 is 2.00 bits per heavy atom. The number of amides is 2. The Morgan fingerprint density at radius 1 is 1.36 bits per heavy atom. The summed E-state index contributed by atoms with van der Waals surface area (Å²) in [6, 6.07) is 6.19. The van der Waals surface area contributed by atoms with E-state index in [9.17, 15) is 14.4 Å². The Morgan fingerprint density at radius 3 is 2.59 bits per heavy atom.